The van der Waals surface area contributed by atoms with E-state index in [-0.39, 0.29) is 16.2 Å². The van der Waals surface area contributed by atoms with Crippen LogP contribution in [0.1, 0.15) is 39.7 Å². The normalized spacial score (nSPS) is 17.3. The molecule has 2 N–H and O–H groups in total. The van der Waals surface area contributed by atoms with E-state index in [1.165, 1.54) is 0 Å². The van der Waals surface area contributed by atoms with Crippen LogP contribution in [0.5, 0.6) is 0 Å². The molecule has 140 valence electrons. The lowest BCUT2D eigenvalue weighted by atomic mass is 9.78. The largest absolute Gasteiger partial charge is 0.326 e. The third-order valence-corrected chi connectivity index (χ3v) is 5.79. The Morgan fingerprint density at radius 3 is 2.52 bits per heavy atom. The summed E-state index contributed by atoms with van der Waals surface area (Å²) < 4.78 is 28.1. The second-order valence-corrected chi connectivity index (χ2v) is 10.3. The number of rotatable bonds is 6. The maximum absolute atomic E-state index is 12.7. The van der Waals surface area contributed by atoms with Gasteiger partial charge in [0.25, 0.3) is 0 Å². The number of fused-ring (bicyclic) bond motifs is 1. The van der Waals surface area contributed by atoms with E-state index in [0.717, 1.165) is 12.1 Å². The van der Waals surface area contributed by atoms with Gasteiger partial charge in [-0.1, -0.05) is 27.7 Å². The third-order valence-electron chi connectivity index (χ3n) is 4.39. The molecule has 0 bridgehead atoms. The van der Waals surface area contributed by atoms with Crippen molar-refractivity contribution in [3.8, 4) is 0 Å². The number of anilines is 1. The molecule has 1 aromatic carbocycles. The zero-order chi connectivity index (χ0) is 19.0. The molecule has 0 saturated carbocycles. The van der Waals surface area contributed by atoms with Crippen molar-refractivity contribution in [2.24, 2.45) is 5.41 Å². The van der Waals surface area contributed by atoms with Gasteiger partial charge in [0.1, 0.15) is 0 Å². The molecule has 1 aliphatic heterocycles. The van der Waals surface area contributed by atoms with E-state index in [9.17, 15) is 13.2 Å². The van der Waals surface area contributed by atoms with Crippen molar-refractivity contribution in [1.82, 2.24) is 9.62 Å². The number of sulfonamides is 1. The number of nitrogens with one attached hydrogen (secondary N) is 2. The lowest BCUT2D eigenvalue weighted by Crippen LogP contribution is -2.40. The second-order valence-electron chi connectivity index (χ2n) is 8.54. The molecule has 0 radical (unpaired) electrons. The molecule has 0 saturated heterocycles. The quantitative estimate of drug-likeness (QED) is 0.808. The van der Waals surface area contributed by atoms with Gasteiger partial charge in [0.15, 0.2) is 0 Å². The molecule has 0 atom stereocenters. The second kappa shape index (κ2) is 6.70. The van der Waals surface area contributed by atoms with E-state index in [2.05, 4.69) is 10.0 Å². The number of carbonyl (C=O) groups is 1. The van der Waals surface area contributed by atoms with Crippen LogP contribution in [-0.4, -0.2) is 46.4 Å². The van der Waals surface area contributed by atoms with Crippen LogP contribution in [0, 0.1) is 5.41 Å². The van der Waals surface area contributed by atoms with Crippen LogP contribution < -0.4 is 10.0 Å². The van der Waals surface area contributed by atoms with Crippen molar-refractivity contribution in [1.29, 1.82) is 0 Å². The van der Waals surface area contributed by atoms with E-state index >= 15 is 0 Å². The fourth-order valence-electron chi connectivity index (χ4n) is 3.34. The van der Waals surface area contributed by atoms with Crippen LogP contribution in [0.2, 0.25) is 0 Å². The number of amides is 1. The first-order valence-electron chi connectivity index (χ1n) is 8.41. The molecule has 1 heterocycles. The molecular formula is C18H29N3O3S. The predicted molar refractivity (Wildman–Crippen MR) is 100 cm³/mol. The van der Waals surface area contributed by atoms with Crippen LogP contribution in [-0.2, 0) is 20.2 Å². The van der Waals surface area contributed by atoms with Crippen LogP contribution in [0.4, 0.5) is 5.69 Å². The Bertz CT molecular complexity index is 768. The predicted octanol–water partition coefficient (Wildman–Crippen LogP) is 2.17. The Kier molecular flexibility index (Phi) is 5.33. The maximum Gasteiger partial charge on any atom is 0.240 e. The third kappa shape index (κ3) is 4.80. The number of hydrogen-bond acceptors (Lipinski definition) is 4. The summed E-state index contributed by atoms with van der Waals surface area (Å²) in [6.07, 6.45) is 0.340. The molecule has 1 aromatic rings. The fourth-order valence-corrected chi connectivity index (χ4v) is 4.60. The summed E-state index contributed by atoms with van der Waals surface area (Å²) in [5.74, 6) is -0.0448. The van der Waals surface area contributed by atoms with E-state index in [1.807, 2.05) is 46.7 Å². The van der Waals surface area contributed by atoms with Crippen molar-refractivity contribution < 1.29 is 13.2 Å². The van der Waals surface area contributed by atoms with Crippen molar-refractivity contribution in [2.45, 2.75) is 44.4 Å². The standard InChI is InChI=1S/C18H29N3O3S/c1-17(2,12-21(5)6)11-19-25(23,24)13-7-8-15-14(9-13)18(3,4)10-16(22)20-15/h7-9,19H,10-12H2,1-6H3,(H,20,22). The summed E-state index contributed by atoms with van der Waals surface area (Å²) in [6, 6.07) is 4.89. The van der Waals surface area contributed by atoms with Gasteiger partial charge in [0, 0.05) is 30.6 Å². The van der Waals surface area contributed by atoms with E-state index in [1.54, 1.807) is 18.2 Å². The number of carbonyl (C=O) groups excluding carboxylic acids is 1. The van der Waals surface area contributed by atoms with E-state index in [4.69, 9.17) is 0 Å². The van der Waals surface area contributed by atoms with E-state index < -0.39 is 15.4 Å². The Labute approximate surface area is 151 Å². The van der Waals surface area contributed by atoms with Gasteiger partial charge < -0.3 is 10.2 Å². The average Bonchev–Trinajstić information content (AvgIpc) is 2.42. The monoisotopic (exact) mass is 367 g/mol. The van der Waals surface area contributed by atoms with Crippen molar-refractivity contribution in [3.05, 3.63) is 23.8 Å². The zero-order valence-corrected chi connectivity index (χ0v) is 16.8. The highest BCUT2D eigenvalue weighted by atomic mass is 32.2. The van der Waals surface area contributed by atoms with Gasteiger partial charge in [0.05, 0.1) is 4.90 Å². The molecule has 0 spiro atoms. The maximum atomic E-state index is 12.7. The molecule has 25 heavy (non-hydrogen) atoms. The minimum atomic E-state index is -3.61. The molecule has 2 rings (SSSR count). The van der Waals surface area contributed by atoms with Gasteiger partial charge >= 0.3 is 0 Å². The molecule has 1 aliphatic rings. The number of nitrogens with zero attached hydrogens (tertiary/aromatic N) is 1. The summed E-state index contributed by atoms with van der Waals surface area (Å²) in [4.78, 5) is 14.1. The van der Waals surface area contributed by atoms with Crippen molar-refractivity contribution in [3.63, 3.8) is 0 Å². The number of benzene rings is 1. The minimum Gasteiger partial charge on any atom is -0.326 e. The van der Waals surface area contributed by atoms with Gasteiger partial charge in [-0.15, -0.1) is 0 Å². The smallest absolute Gasteiger partial charge is 0.240 e. The molecule has 6 nitrogen and oxygen atoms in total. The molecule has 0 aliphatic carbocycles. The van der Waals surface area contributed by atoms with Gasteiger partial charge in [-0.3, -0.25) is 4.79 Å². The summed E-state index contributed by atoms with van der Waals surface area (Å²) in [5, 5.41) is 2.81. The zero-order valence-electron chi connectivity index (χ0n) is 15.9. The highest BCUT2D eigenvalue weighted by Crippen LogP contribution is 2.38. The minimum absolute atomic E-state index is 0.0448. The lowest BCUT2D eigenvalue weighted by molar-refractivity contribution is -0.117. The molecular weight excluding hydrogens is 338 g/mol. The van der Waals surface area contributed by atoms with Gasteiger partial charge in [-0.05, 0) is 43.3 Å². The summed E-state index contributed by atoms with van der Waals surface area (Å²) in [5.41, 5.74) is 0.960. The fraction of sp³-hybridized carbons (Fsp3) is 0.611. The lowest BCUT2D eigenvalue weighted by Gasteiger charge is -2.32. The van der Waals surface area contributed by atoms with Crippen LogP contribution in [0.25, 0.3) is 0 Å². The average molecular weight is 368 g/mol. The van der Waals surface area contributed by atoms with Gasteiger partial charge in [0.2, 0.25) is 15.9 Å². The first-order valence-corrected chi connectivity index (χ1v) is 9.90. The van der Waals surface area contributed by atoms with Crippen LogP contribution in [0.3, 0.4) is 0 Å². The molecule has 1 amide bonds. The molecule has 0 unspecified atom stereocenters. The van der Waals surface area contributed by atoms with Crippen LogP contribution in [0.15, 0.2) is 23.1 Å². The van der Waals surface area contributed by atoms with Crippen molar-refractivity contribution in [2.75, 3.05) is 32.5 Å². The van der Waals surface area contributed by atoms with Crippen molar-refractivity contribution >= 4 is 21.6 Å². The summed E-state index contributed by atoms with van der Waals surface area (Å²) in [6.45, 7) is 9.09. The first kappa shape index (κ1) is 19.9. The van der Waals surface area contributed by atoms with Crippen LogP contribution >= 0.6 is 0 Å². The first-order chi connectivity index (χ1) is 11.3. The highest BCUT2D eigenvalue weighted by Gasteiger charge is 2.33. The number of hydrogen-bond donors (Lipinski definition) is 2. The Morgan fingerprint density at radius 2 is 1.92 bits per heavy atom. The highest BCUT2D eigenvalue weighted by molar-refractivity contribution is 7.89. The Balaban J connectivity index is 2.25. The Morgan fingerprint density at radius 1 is 1.28 bits per heavy atom. The SMILES string of the molecule is CN(C)CC(C)(C)CNS(=O)(=O)c1ccc2c(c1)C(C)(C)CC(=O)N2. The van der Waals surface area contributed by atoms with Gasteiger partial charge in [-0.25, -0.2) is 13.1 Å². The Hall–Kier alpha value is -1.44. The van der Waals surface area contributed by atoms with Gasteiger partial charge in [-0.2, -0.15) is 0 Å². The van der Waals surface area contributed by atoms with E-state index in [0.29, 0.717) is 18.7 Å². The topological polar surface area (TPSA) is 78.5 Å². The summed E-state index contributed by atoms with van der Waals surface area (Å²) >= 11 is 0. The molecule has 0 fully saturated rings. The molecule has 0 aromatic heterocycles. The molecule has 7 heteroatoms. The summed E-state index contributed by atoms with van der Waals surface area (Å²) in [7, 11) is 0.329.